The van der Waals surface area contributed by atoms with E-state index in [1.165, 1.54) is 6.08 Å². The van der Waals surface area contributed by atoms with E-state index in [-0.39, 0.29) is 5.97 Å². The van der Waals surface area contributed by atoms with E-state index in [1.807, 2.05) is 30.5 Å². The number of aromatic nitrogens is 1. The van der Waals surface area contributed by atoms with Crippen LogP contribution in [0.4, 0.5) is 0 Å². The molecule has 1 aromatic carbocycles. The number of carbonyl (C=O) groups is 1. The largest absolute Gasteiger partial charge is 0.463 e. The molecule has 2 aromatic rings. The van der Waals surface area contributed by atoms with Crippen molar-refractivity contribution in [2.45, 2.75) is 6.92 Å². The van der Waals surface area contributed by atoms with Gasteiger partial charge in [0, 0.05) is 12.3 Å². The van der Waals surface area contributed by atoms with Crippen LogP contribution in [0.1, 0.15) is 12.5 Å². The Morgan fingerprint density at radius 2 is 2.31 bits per heavy atom. The highest BCUT2D eigenvalue weighted by atomic mass is 16.5. The maximum Gasteiger partial charge on any atom is 0.330 e. The van der Waals surface area contributed by atoms with Gasteiger partial charge in [-0.2, -0.15) is 0 Å². The molecular weight excluding hydrogens is 202 g/mol. The molecule has 1 N–H and O–H groups in total. The second-order valence-corrected chi connectivity index (χ2v) is 3.37. The molecule has 0 aliphatic rings. The van der Waals surface area contributed by atoms with E-state index in [0.717, 1.165) is 16.5 Å². The number of hydrogen-bond acceptors (Lipinski definition) is 2. The Kier molecular flexibility index (Phi) is 3.05. The Labute approximate surface area is 93.7 Å². The lowest BCUT2D eigenvalue weighted by Crippen LogP contribution is -1.98. The minimum Gasteiger partial charge on any atom is -0.463 e. The fraction of sp³-hybridized carbons (Fsp3) is 0.154. The number of H-pyrrole nitrogens is 1. The quantitative estimate of drug-likeness (QED) is 0.631. The molecule has 0 saturated carbocycles. The lowest BCUT2D eigenvalue weighted by molar-refractivity contribution is -0.137. The molecule has 2 rings (SSSR count). The fourth-order valence-electron chi connectivity index (χ4n) is 1.60. The van der Waals surface area contributed by atoms with Crippen LogP contribution in [0.15, 0.2) is 36.5 Å². The Morgan fingerprint density at radius 3 is 3.12 bits per heavy atom. The number of rotatable bonds is 3. The van der Waals surface area contributed by atoms with Crippen molar-refractivity contribution in [3.05, 3.63) is 42.1 Å². The number of fused-ring (bicyclic) bond motifs is 1. The predicted molar refractivity (Wildman–Crippen MR) is 64.0 cm³/mol. The van der Waals surface area contributed by atoms with Crippen LogP contribution >= 0.6 is 0 Å². The Morgan fingerprint density at radius 1 is 1.44 bits per heavy atom. The van der Waals surface area contributed by atoms with Gasteiger partial charge in [-0.25, -0.2) is 4.79 Å². The molecule has 0 amide bonds. The fourth-order valence-corrected chi connectivity index (χ4v) is 1.60. The maximum absolute atomic E-state index is 11.2. The van der Waals surface area contributed by atoms with Crippen LogP contribution in [0.5, 0.6) is 0 Å². The van der Waals surface area contributed by atoms with Gasteiger partial charge in [0.2, 0.25) is 0 Å². The van der Waals surface area contributed by atoms with Crippen LogP contribution in [-0.2, 0) is 9.53 Å². The summed E-state index contributed by atoms with van der Waals surface area (Å²) in [4.78, 5) is 14.3. The van der Waals surface area contributed by atoms with Crippen LogP contribution in [0.2, 0.25) is 0 Å². The van der Waals surface area contributed by atoms with Crippen molar-refractivity contribution in [2.75, 3.05) is 6.61 Å². The average Bonchev–Trinajstić information content (AvgIpc) is 2.75. The molecule has 1 aromatic heterocycles. The van der Waals surface area contributed by atoms with Crippen molar-refractivity contribution in [1.29, 1.82) is 0 Å². The van der Waals surface area contributed by atoms with Gasteiger partial charge >= 0.3 is 5.97 Å². The molecule has 16 heavy (non-hydrogen) atoms. The Hall–Kier alpha value is -2.03. The number of ether oxygens (including phenoxy) is 1. The van der Waals surface area contributed by atoms with E-state index in [4.69, 9.17) is 4.74 Å². The second-order valence-electron chi connectivity index (χ2n) is 3.37. The zero-order chi connectivity index (χ0) is 11.4. The van der Waals surface area contributed by atoms with Gasteiger partial charge in [0.05, 0.1) is 12.1 Å². The van der Waals surface area contributed by atoms with Gasteiger partial charge in [-0.05, 0) is 30.0 Å². The zero-order valence-electron chi connectivity index (χ0n) is 9.07. The number of hydrogen-bond donors (Lipinski definition) is 1. The van der Waals surface area contributed by atoms with Gasteiger partial charge in [-0.3, -0.25) is 0 Å². The monoisotopic (exact) mass is 215 g/mol. The van der Waals surface area contributed by atoms with E-state index < -0.39 is 0 Å². The first-order chi connectivity index (χ1) is 7.81. The number of carbonyl (C=O) groups excluding carboxylic acids is 1. The van der Waals surface area contributed by atoms with Gasteiger partial charge < -0.3 is 9.72 Å². The molecule has 3 nitrogen and oxygen atoms in total. The lowest BCUT2D eigenvalue weighted by Gasteiger charge is -1.97. The summed E-state index contributed by atoms with van der Waals surface area (Å²) in [5.41, 5.74) is 2.01. The van der Waals surface area contributed by atoms with E-state index in [9.17, 15) is 4.79 Å². The Bertz CT molecular complexity index is 525. The highest BCUT2D eigenvalue weighted by molar-refractivity contribution is 5.93. The van der Waals surface area contributed by atoms with Crippen molar-refractivity contribution in [3.8, 4) is 0 Å². The minimum absolute atomic E-state index is 0.314. The van der Waals surface area contributed by atoms with Gasteiger partial charge in [0.25, 0.3) is 0 Å². The summed E-state index contributed by atoms with van der Waals surface area (Å²) >= 11 is 0. The van der Waals surface area contributed by atoms with Crippen LogP contribution in [0.3, 0.4) is 0 Å². The van der Waals surface area contributed by atoms with Gasteiger partial charge in [-0.15, -0.1) is 0 Å². The van der Waals surface area contributed by atoms with Crippen molar-refractivity contribution in [1.82, 2.24) is 4.98 Å². The van der Waals surface area contributed by atoms with Crippen molar-refractivity contribution in [3.63, 3.8) is 0 Å². The summed E-state index contributed by atoms with van der Waals surface area (Å²) in [5.74, 6) is -0.314. The van der Waals surface area contributed by atoms with Crippen LogP contribution < -0.4 is 0 Å². The third-order valence-electron chi connectivity index (χ3n) is 2.31. The molecule has 0 bridgehead atoms. The van der Waals surface area contributed by atoms with Gasteiger partial charge in [0.15, 0.2) is 0 Å². The molecule has 0 radical (unpaired) electrons. The summed E-state index contributed by atoms with van der Waals surface area (Å²) in [6, 6.07) is 7.93. The molecule has 0 atom stereocenters. The molecule has 82 valence electrons. The molecule has 0 saturated heterocycles. The summed E-state index contributed by atoms with van der Waals surface area (Å²) < 4.78 is 4.82. The molecule has 0 fully saturated rings. The van der Waals surface area contributed by atoms with Crippen LogP contribution in [-0.4, -0.2) is 17.6 Å². The SMILES string of the molecule is CCOC(=O)C=Cc1cccc2cc[nH]c12. The molecule has 0 spiro atoms. The molecule has 0 unspecified atom stereocenters. The zero-order valence-corrected chi connectivity index (χ0v) is 9.07. The minimum atomic E-state index is -0.314. The van der Waals surface area contributed by atoms with Crippen LogP contribution in [0, 0.1) is 0 Å². The number of nitrogens with one attached hydrogen (secondary N) is 1. The number of benzene rings is 1. The van der Waals surface area contributed by atoms with Crippen molar-refractivity contribution in [2.24, 2.45) is 0 Å². The van der Waals surface area contributed by atoms with Crippen LogP contribution in [0.25, 0.3) is 17.0 Å². The molecular formula is C13H13NO2. The molecule has 1 heterocycles. The number of esters is 1. The number of para-hydroxylation sites is 1. The lowest BCUT2D eigenvalue weighted by atomic mass is 10.1. The molecule has 0 aliphatic heterocycles. The van der Waals surface area contributed by atoms with Crippen molar-refractivity contribution >= 4 is 22.9 Å². The summed E-state index contributed by atoms with van der Waals surface area (Å²) in [7, 11) is 0. The van der Waals surface area contributed by atoms with E-state index in [2.05, 4.69) is 4.98 Å². The Balaban J connectivity index is 2.27. The normalized spacial score (nSPS) is 11.1. The smallest absolute Gasteiger partial charge is 0.330 e. The highest BCUT2D eigenvalue weighted by Gasteiger charge is 1.99. The first-order valence-corrected chi connectivity index (χ1v) is 5.22. The maximum atomic E-state index is 11.2. The predicted octanol–water partition coefficient (Wildman–Crippen LogP) is 2.74. The topological polar surface area (TPSA) is 42.1 Å². The third-order valence-corrected chi connectivity index (χ3v) is 2.31. The summed E-state index contributed by atoms with van der Waals surface area (Å²) in [6.45, 7) is 2.19. The first-order valence-electron chi connectivity index (χ1n) is 5.22. The van der Waals surface area contributed by atoms with E-state index in [0.29, 0.717) is 6.61 Å². The first kappa shape index (κ1) is 10.5. The highest BCUT2D eigenvalue weighted by Crippen LogP contribution is 2.17. The molecule has 3 heteroatoms. The average molecular weight is 215 g/mol. The standard InChI is InChI=1S/C13H13NO2/c1-2-16-12(15)7-6-10-4-3-5-11-8-9-14-13(10)11/h3-9,14H,2H2,1H3. The van der Waals surface area contributed by atoms with Gasteiger partial charge in [0.1, 0.15) is 0 Å². The summed E-state index contributed by atoms with van der Waals surface area (Å²) in [5, 5.41) is 1.13. The third kappa shape index (κ3) is 2.14. The second kappa shape index (κ2) is 4.66. The summed E-state index contributed by atoms with van der Waals surface area (Å²) in [6.07, 6.45) is 5.09. The number of aromatic amines is 1. The van der Waals surface area contributed by atoms with Gasteiger partial charge in [-0.1, -0.05) is 18.2 Å². The van der Waals surface area contributed by atoms with Crippen molar-refractivity contribution < 1.29 is 9.53 Å². The molecule has 0 aliphatic carbocycles. The van der Waals surface area contributed by atoms with E-state index >= 15 is 0 Å². The van der Waals surface area contributed by atoms with E-state index in [1.54, 1.807) is 13.0 Å².